The zero-order valence-corrected chi connectivity index (χ0v) is 12.2. The summed E-state index contributed by atoms with van der Waals surface area (Å²) in [6, 6.07) is 2.44. The van der Waals surface area contributed by atoms with E-state index in [-0.39, 0.29) is 6.04 Å². The topological polar surface area (TPSA) is 47.7 Å². The van der Waals surface area contributed by atoms with Crippen LogP contribution in [0.5, 0.6) is 0 Å². The first-order valence-corrected chi connectivity index (χ1v) is 6.88. The van der Waals surface area contributed by atoms with E-state index in [4.69, 9.17) is 0 Å². The summed E-state index contributed by atoms with van der Waals surface area (Å²) in [5.41, 5.74) is 2.36. The largest absolute Gasteiger partial charge is 0.338 e. The minimum Gasteiger partial charge on any atom is -0.338 e. The van der Waals surface area contributed by atoms with Gasteiger partial charge in [-0.25, -0.2) is 4.98 Å². The Morgan fingerprint density at radius 1 is 1.32 bits per heavy atom. The molecule has 0 saturated carbocycles. The normalized spacial score (nSPS) is 12.8. The summed E-state index contributed by atoms with van der Waals surface area (Å²) in [6.45, 7) is 5.19. The van der Waals surface area contributed by atoms with E-state index in [1.807, 2.05) is 31.2 Å². The van der Waals surface area contributed by atoms with Gasteiger partial charge in [0.2, 0.25) is 0 Å². The maximum absolute atomic E-state index is 4.53. The van der Waals surface area contributed by atoms with Gasteiger partial charge in [0.15, 0.2) is 0 Å². The van der Waals surface area contributed by atoms with Crippen molar-refractivity contribution in [1.82, 2.24) is 24.6 Å². The molecule has 2 aromatic heterocycles. The minimum atomic E-state index is 0.254. The molecule has 2 rings (SSSR count). The molecule has 1 unspecified atom stereocenters. The Kier molecular flexibility index (Phi) is 4.37. The van der Waals surface area contributed by atoms with E-state index in [1.165, 1.54) is 5.69 Å². The Hall–Kier alpha value is -1.62. The zero-order valence-electron chi connectivity index (χ0n) is 12.2. The van der Waals surface area contributed by atoms with E-state index in [0.717, 1.165) is 30.9 Å². The second-order valence-electron chi connectivity index (χ2n) is 4.81. The molecule has 0 aliphatic rings. The predicted octanol–water partition coefficient (Wildman–Crippen LogP) is 1.61. The number of nitrogens with zero attached hydrogens (tertiary/aromatic N) is 4. The molecule has 0 saturated heterocycles. The molecule has 2 heterocycles. The molecule has 0 fully saturated rings. The van der Waals surface area contributed by atoms with E-state index in [9.17, 15) is 0 Å². The number of aryl methyl sites for hydroxylation is 3. The predicted molar refractivity (Wildman–Crippen MR) is 75.9 cm³/mol. The van der Waals surface area contributed by atoms with Crippen LogP contribution in [-0.4, -0.2) is 25.9 Å². The maximum Gasteiger partial charge on any atom is 0.110 e. The van der Waals surface area contributed by atoms with Gasteiger partial charge in [0, 0.05) is 32.9 Å². The summed E-state index contributed by atoms with van der Waals surface area (Å²) in [6.07, 6.45) is 5.67. The van der Waals surface area contributed by atoms with Crippen LogP contribution < -0.4 is 5.32 Å². The first-order chi connectivity index (χ1) is 9.15. The van der Waals surface area contributed by atoms with Crippen LogP contribution in [0.25, 0.3) is 0 Å². The number of nitrogens with one attached hydrogen (secondary N) is 1. The Labute approximate surface area is 114 Å². The van der Waals surface area contributed by atoms with Gasteiger partial charge in [0.05, 0.1) is 17.4 Å². The van der Waals surface area contributed by atoms with Crippen molar-refractivity contribution in [2.45, 2.75) is 32.7 Å². The average Bonchev–Trinajstić information content (AvgIpc) is 2.95. The molecule has 0 aliphatic heterocycles. The lowest BCUT2D eigenvalue weighted by molar-refractivity contribution is 0.492. The van der Waals surface area contributed by atoms with Gasteiger partial charge in [0.25, 0.3) is 0 Å². The highest BCUT2D eigenvalue weighted by Crippen LogP contribution is 2.18. The highest BCUT2D eigenvalue weighted by Gasteiger charge is 2.18. The molecule has 0 aromatic carbocycles. The molecule has 0 spiro atoms. The molecule has 0 amide bonds. The fraction of sp³-hybridized carbons (Fsp3) is 0.571. The number of hydrogen-bond donors (Lipinski definition) is 1. The van der Waals surface area contributed by atoms with Crippen LogP contribution in [0.4, 0.5) is 0 Å². The van der Waals surface area contributed by atoms with Crippen molar-refractivity contribution in [2.75, 3.05) is 6.54 Å². The third-order valence-electron chi connectivity index (χ3n) is 3.44. The molecule has 5 heteroatoms. The third kappa shape index (κ3) is 3.04. The second kappa shape index (κ2) is 6.02. The standard InChI is InChI=1S/C14H23N5/c1-5-11-9-13(19(4)17-11)12(15-6-2)10-14-16-7-8-18(14)3/h7-9,12,15H,5-6,10H2,1-4H3. The zero-order chi connectivity index (χ0) is 13.8. The van der Waals surface area contributed by atoms with E-state index in [2.05, 4.69) is 39.9 Å². The van der Waals surface area contributed by atoms with Crippen molar-refractivity contribution in [3.05, 3.63) is 35.7 Å². The summed E-state index contributed by atoms with van der Waals surface area (Å²) < 4.78 is 4.05. The van der Waals surface area contributed by atoms with Crippen LogP contribution in [-0.2, 0) is 26.9 Å². The van der Waals surface area contributed by atoms with Gasteiger partial charge in [-0.2, -0.15) is 5.10 Å². The van der Waals surface area contributed by atoms with E-state index < -0.39 is 0 Å². The summed E-state index contributed by atoms with van der Waals surface area (Å²) >= 11 is 0. The van der Waals surface area contributed by atoms with Gasteiger partial charge >= 0.3 is 0 Å². The van der Waals surface area contributed by atoms with Crippen molar-refractivity contribution < 1.29 is 0 Å². The van der Waals surface area contributed by atoms with Crippen LogP contribution in [0.1, 0.15) is 37.1 Å². The summed E-state index contributed by atoms with van der Waals surface area (Å²) in [4.78, 5) is 4.41. The van der Waals surface area contributed by atoms with Gasteiger partial charge < -0.3 is 9.88 Å². The second-order valence-corrected chi connectivity index (χ2v) is 4.81. The van der Waals surface area contributed by atoms with Crippen LogP contribution in [0.15, 0.2) is 18.5 Å². The number of hydrogen-bond acceptors (Lipinski definition) is 3. The molecule has 5 nitrogen and oxygen atoms in total. The fourth-order valence-electron chi connectivity index (χ4n) is 2.35. The molecular formula is C14H23N5. The van der Waals surface area contributed by atoms with E-state index in [0.29, 0.717) is 0 Å². The van der Waals surface area contributed by atoms with Gasteiger partial charge in [0.1, 0.15) is 5.82 Å². The van der Waals surface area contributed by atoms with Gasteiger partial charge in [-0.15, -0.1) is 0 Å². The first-order valence-electron chi connectivity index (χ1n) is 6.88. The van der Waals surface area contributed by atoms with Crippen molar-refractivity contribution in [2.24, 2.45) is 14.1 Å². The quantitative estimate of drug-likeness (QED) is 0.859. The Morgan fingerprint density at radius 2 is 2.11 bits per heavy atom. The highest BCUT2D eigenvalue weighted by atomic mass is 15.3. The first kappa shape index (κ1) is 13.8. The number of likely N-dealkylation sites (N-methyl/N-ethyl adjacent to an activating group) is 1. The smallest absolute Gasteiger partial charge is 0.110 e. The molecular weight excluding hydrogens is 238 g/mol. The molecule has 104 valence electrons. The SMILES string of the molecule is CCNC(Cc1nccn1C)c1cc(CC)nn1C. The minimum absolute atomic E-state index is 0.254. The van der Waals surface area contributed by atoms with Crippen LogP contribution >= 0.6 is 0 Å². The maximum atomic E-state index is 4.53. The average molecular weight is 261 g/mol. The summed E-state index contributed by atoms with van der Waals surface area (Å²) in [7, 11) is 4.04. The van der Waals surface area contributed by atoms with Crippen molar-refractivity contribution in [3.8, 4) is 0 Å². The van der Waals surface area contributed by atoms with Crippen LogP contribution in [0, 0.1) is 0 Å². The lowest BCUT2D eigenvalue weighted by Crippen LogP contribution is -2.26. The number of imidazole rings is 1. The van der Waals surface area contributed by atoms with Gasteiger partial charge in [-0.05, 0) is 19.0 Å². The summed E-state index contributed by atoms with van der Waals surface area (Å²) in [5, 5.41) is 8.06. The van der Waals surface area contributed by atoms with Crippen molar-refractivity contribution in [3.63, 3.8) is 0 Å². The Balaban J connectivity index is 2.24. The van der Waals surface area contributed by atoms with Gasteiger partial charge in [-0.3, -0.25) is 4.68 Å². The van der Waals surface area contributed by atoms with Crippen molar-refractivity contribution in [1.29, 1.82) is 0 Å². The molecule has 19 heavy (non-hydrogen) atoms. The van der Waals surface area contributed by atoms with Crippen molar-refractivity contribution >= 4 is 0 Å². The third-order valence-corrected chi connectivity index (χ3v) is 3.44. The van der Waals surface area contributed by atoms with E-state index in [1.54, 1.807) is 0 Å². The summed E-state index contributed by atoms with van der Waals surface area (Å²) in [5.74, 6) is 1.09. The lowest BCUT2D eigenvalue weighted by atomic mass is 10.1. The molecule has 0 radical (unpaired) electrons. The van der Waals surface area contributed by atoms with E-state index >= 15 is 0 Å². The fourth-order valence-corrected chi connectivity index (χ4v) is 2.35. The van der Waals surface area contributed by atoms with Crippen LogP contribution in [0.3, 0.4) is 0 Å². The molecule has 2 aromatic rings. The molecule has 0 bridgehead atoms. The Morgan fingerprint density at radius 3 is 2.63 bits per heavy atom. The molecule has 1 atom stereocenters. The number of aromatic nitrogens is 4. The monoisotopic (exact) mass is 261 g/mol. The molecule has 0 aliphatic carbocycles. The Bertz CT molecular complexity index is 526. The highest BCUT2D eigenvalue weighted by molar-refractivity contribution is 5.16. The van der Waals surface area contributed by atoms with Gasteiger partial charge in [-0.1, -0.05) is 13.8 Å². The molecule has 1 N–H and O–H groups in total. The van der Waals surface area contributed by atoms with Crippen LogP contribution in [0.2, 0.25) is 0 Å². The lowest BCUT2D eigenvalue weighted by Gasteiger charge is -2.17. The number of rotatable bonds is 6.